The molecule has 0 atom stereocenters. The predicted octanol–water partition coefficient (Wildman–Crippen LogP) is 2.87. The number of carbonyl (C=O) groups excluding carboxylic acids is 1. The van der Waals surface area contributed by atoms with E-state index >= 15 is 0 Å². The van der Waals surface area contributed by atoms with E-state index in [1.54, 1.807) is 6.92 Å². The van der Waals surface area contributed by atoms with E-state index in [4.69, 9.17) is 18.9 Å². The highest BCUT2D eigenvalue weighted by atomic mass is 16.6. The minimum Gasteiger partial charge on any atom is -0.379 e. The van der Waals surface area contributed by atoms with Crippen molar-refractivity contribution in [2.75, 3.05) is 46.2 Å². The number of ketones is 1. The average molecular weight is 324 g/mol. The van der Waals surface area contributed by atoms with Crippen LogP contribution in [0.15, 0.2) is 24.3 Å². The third-order valence-corrected chi connectivity index (χ3v) is 3.07. The standard InChI is InChI=1S/C18H28O5/c1-3-7-20-8-9-21-10-11-22-12-13-23-15-17-5-4-6-18(14-17)16(2)19/h4-6,14H,3,7-13,15H2,1-2H3. The number of hydrogen-bond donors (Lipinski definition) is 0. The van der Waals surface area contributed by atoms with Crippen LogP contribution >= 0.6 is 0 Å². The molecule has 0 amide bonds. The zero-order chi connectivity index (χ0) is 16.8. The normalized spacial score (nSPS) is 10.9. The van der Waals surface area contributed by atoms with E-state index in [2.05, 4.69) is 6.92 Å². The second-order valence-electron chi connectivity index (χ2n) is 5.15. The first kappa shape index (κ1) is 19.8. The molecule has 0 heterocycles. The zero-order valence-electron chi connectivity index (χ0n) is 14.2. The van der Waals surface area contributed by atoms with Crippen molar-refractivity contribution < 1.29 is 23.7 Å². The van der Waals surface area contributed by atoms with E-state index in [9.17, 15) is 4.79 Å². The summed E-state index contributed by atoms with van der Waals surface area (Å²) in [6.45, 7) is 8.31. The highest BCUT2D eigenvalue weighted by Gasteiger charge is 2.00. The van der Waals surface area contributed by atoms with Crippen LogP contribution in [0.25, 0.3) is 0 Å². The Labute approximate surface area is 138 Å². The summed E-state index contributed by atoms with van der Waals surface area (Å²) in [4.78, 5) is 11.3. The summed E-state index contributed by atoms with van der Waals surface area (Å²) in [5.74, 6) is 0.0651. The Morgan fingerprint density at radius 2 is 1.43 bits per heavy atom. The number of carbonyl (C=O) groups is 1. The van der Waals surface area contributed by atoms with Crippen LogP contribution < -0.4 is 0 Å². The van der Waals surface area contributed by atoms with Crippen LogP contribution in [0.1, 0.15) is 36.2 Å². The molecule has 0 aliphatic rings. The van der Waals surface area contributed by atoms with Gasteiger partial charge in [0.2, 0.25) is 0 Å². The Kier molecular flexibility index (Phi) is 11.3. The zero-order valence-corrected chi connectivity index (χ0v) is 14.2. The van der Waals surface area contributed by atoms with Crippen LogP contribution in [-0.2, 0) is 25.6 Å². The van der Waals surface area contributed by atoms with Gasteiger partial charge < -0.3 is 18.9 Å². The molecule has 0 spiro atoms. The summed E-state index contributed by atoms with van der Waals surface area (Å²) >= 11 is 0. The Balaban J connectivity index is 1.93. The quantitative estimate of drug-likeness (QED) is 0.389. The van der Waals surface area contributed by atoms with Gasteiger partial charge >= 0.3 is 0 Å². The SMILES string of the molecule is CCCOCCOCCOCCOCc1cccc(C(C)=O)c1. The first-order valence-electron chi connectivity index (χ1n) is 8.15. The molecule has 0 saturated heterocycles. The van der Waals surface area contributed by atoms with Gasteiger partial charge in [0.1, 0.15) is 0 Å². The van der Waals surface area contributed by atoms with Crippen LogP contribution in [-0.4, -0.2) is 52.0 Å². The van der Waals surface area contributed by atoms with E-state index < -0.39 is 0 Å². The van der Waals surface area contributed by atoms with Crippen LogP contribution in [0.4, 0.5) is 0 Å². The maximum Gasteiger partial charge on any atom is 0.159 e. The van der Waals surface area contributed by atoms with Crippen molar-refractivity contribution in [3.63, 3.8) is 0 Å². The maximum absolute atomic E-state index is 11.3. The van der Waals surface area contributed by atoms with Crippen LogP contribution in [0.3, 0.4) is 0 Å². The number of rotatable bonds is 14. The second-order valence-corrected chi connectivity index (χ2v) is 5.15. The van der Waals surface area contributed by atoms with Crippen molar-refractivity contribution in [1.29, 1.82) is 0 Å². The van der Waals surface area contributed by atoms with Gasteiger partial charge in [-0.25, -0.2) is 0 Å². The van der Waals surface area contributed by atoms with Gasteiger partial charge in [-0.15, -0.1) is 0 Å². The summed E-state index contributed by atoms with van der Waals surface area (Å²) in [6.07, 6.45) is 1.03. The molecule has 0 unspecified atom stereocenters. The van der Waals surface area contributed by atoms with Gasteiger partial charge in [0.05, 0.1) is 46.2 Å². The highest BCUT2D eigenvalue weighted by Crippen LogP contribution is 2.07. The largest absolute Gasteiger partial charge is 0.379 e. The van der Waals surface area contributed by atoms with E-state index in [1.165, 1.54) is 0 Å². The van der Waals surface area contributed by atoms with Gasteiger partial charge in [0, 0.05) is 12.2 Å². The van der Waals surface area contributed by atoms with E-state index in [-0.39, 0.29) is 5.78 Å². The van der Waals surface area contributed by atoms with E-state index in [0.29, 0.717) is 51.8 Å². The Morgan fingerprint density at radius 1 is 0.870 bits per heavy atom. The fraction of sp³-hybridized carbons (Fsp3) is 0.611. The summed E-state index contributed by atoms with van der Waals surface area (Å²) < 4.78 is 21.6. The third kappa shape index (κ3) is 10.2. The summed E-state index contributed by atoms with van der Waals surface area (Å²) in [5, 5.41) is 0. The molecule has 0 saturated carbocycles. The lowest BCUT2D eigenvalue weighted by molar-refractivity contribution is -0.00401. The first-order chi connectivity index (χ1) is 11.2. The molecule has 0 aromatic heterocycles. The first-order valence-corrected chi connectivity index (χ1v) is 8.15. The molecule has 0 fully saturated rings. The molecule has 130 valence electrons. The lowest BCUT2D eigenvalue weighted by atomic mass is 10.1. The molecule has 0 radical (unpaired) electrons. The van der Waals surface area contributed by atoms with Crippen LogP contribution in [0.2, 0.25) is 0 Å². The minimum absolute atomic E-state index is 0.0651. The van der Waals surface area contributed by atoms with Crippen LogP contribution in [0, 0.1) is 0 Å². The van der Waals surface area contributed by atoms with Crippen molar-refractivity contribution in [2.24, 2.45) is 0 Å². The monoisotopic (exact) mass is 324 g/mol. The number of Topliss-reactive ketones (excluding diaryl/α,β-unsaturated/α-hetero) is 1. The molecule has 1 rings (SSSR count). The van der Waals surface area contributed by atoms with E-state index in [1.807, 2.05) is 24.3 Å². The molecule has 5 heteroatoms. The molecule has 0 N–H and O–H groups in total. The summed E-state index contributed by atoms with van der Waals surface area (Å²) in [6, 6.07) is 7.48. The fourth-order valence-electron chi connectivity index (χ4n) is 1.87. The van der Waals surface area contributed by atoms with Crippen molar-refractivity contribution in [1.82, 2.24) is 0 Å². The van der Waals surface area contributed by atoms with Crippen LogP contribution in [0.5, 0.6) is 0 Å². The fourth-order valence-corrected chi connectivity index (χ4v) is 1.87. The van der Waals surface area contributed by atoms with E-state index in [0.717, 1.165) is 18.6 Å². The molecular formula is C18H28O5. The Bertz CT molecular complexity index is 433. The number of hydrogen-bond acceptors (Lipinski definition) is 5. The molecule has 1 aromatic rings. The maximum atomic E-state index is 11.3. The van der Waals surface area contributed by atoms with Crippen molar-refractivity contribution in [3.05, 3.63) is 35.4 Å². The predicted molar refractivity (Wildman–Crippen MR) is 88.9 cm³/mol. The summed E-state index contributed by atoms with van der Waals surface area (Å²) in [5.41, 5.74) is 1.70. The average Bonchev–Trinajstić information content (AvgIpc) is 2.56. The molecule has 1 aromatic carbocycles. The molecule has 0 aliphatic heterocycles. The lowest BCUT2D eigenvalue weighted by Crippen LogP contribution is -2.12. The van der Waals surface area contributed by atoms with Crippen molar-refractivity contribution in [3.8, 4) is 0 Å². The topological polar surface area (TPSA) is 54.0 Å². The Morgan fingerprint density at radius 3 is 2.00 bits per heavy atom. The van der Waals surface area contributed by atoms with Gasteiger partial charge in [-0.3, -0.25) is 4.79 Å². The number of ether oxygens (including phenoxy) is 4. The smallest absolute Gasteiger partial charge is 0.159 e. The third-order valence-electron chi connectivity index (χ3n) is 3.07. The van der Waals surface area contributed by atoms with Gasteiger partial charge in [0.25, 0.3) is 0 Å². The molecule has 0 bridgehead atoms. The molecule has 5 nitrogen and oxygen atoms in total. The van der Waals surface area contributed by atoms with Gasteiger partial charge in [-0.05, 0) is 25.0 Å². The molecule has 0 aliphatic carbocycles. The van der Waals surface area contributed by atoms with Crippen molar-refractivity contribution >= 4 is 5.78 Å². The summed E-state index contributed by atoms with van der Waals surface area (Å²) in [7, 11) is 0. The lowest BCUT2D eigenvalue weighted by Gasteiger charge is -2.07. The minimum atomic E-state index is 0.0651. The van der Waals surface area contributed by atoms with Gasteiger partial charge in [0.15, 0.2) is 5.78 Å². The second kappa shape index (κ2) is 13.2. The highest BCUT2D eigenvalue weighted by molar-refractivity contribution is 5.94. The number of benzene rings is 1. The van der Waals surface area contributed by atoms with Gasteiger partial charge in [-0.1, -0.05) is 25.1 Å². The molecular weight excluding hydrogens is 296 g/mol. The molecule has 23 heavy (non-hydrogen) atoms. The van der Waals surface area contributed by atoms with Crippen molar-refractivity contribution in [2.45, 2.75) is 26.9 Å². The van der Waals surface area contributed by atoms with Gasteiger partial charge in [-0.2, -0.15) is 0 Å². The Hall–Kier alpha value is -1.27.